The predicted molar refractivity (Wildman–Crippen MR) is 114 cm³/mol. The highest BCUT2D eigenvalue weighted by molar-refractivity contribution is 7.21. The molecule has 0 fully saturated rings. The number of nitriles is 1. The van der Waals surface area contributed by atoms with E-state index in [0.717, 1.165) is 27.8 Å². The second kappa shape index (κ2) is 6.82. The zero-order valence-electron chi connectivity index (χ0n) is 16.1. The Morgan fingerprint density at radius 3 is 2.94 bits per heavy atom. The Kier molecular flexibility index (Phi) is 4.09. The zero-order valence-corrected chi connectivity index (χ0v) is 16.9. The summed E-state index contributed by atoms with van der Waals surface area (Å²) in [6.45, 7) is 0. The molecular weight excluding hydrogens is 416 g/mol. The van der Waals surface area contributed by atoms with E-state index in [0.29, 0.717) is 15.8 Å². The Hall–Kier alpha value is -4.43. The van der Waals surface area contributed by atoms with Crippen LogP contribution in [0.2, 0.25) is 0 Å². The van der Waals surface area contributed by atoms with Gasteiger partial charge in [0.2, 0.25) is 0 Å². The molecule has 0 atom stereocenters. The number of nitrogens with zero attached hydrogens (tertiary/aromatic N) is 5. The number of hydrogen-bond donors (Lipinski definition) is 3. The molecule has 0 saturated heterocycles. The number of anilines is 2. The lowest BCUT2D eigenvalue weighted by Crippen LogP contribution is -2.27. The average molecular weight is 430 g/mol. The molecule has 5 rings (SSSR count). The van der Waals surface area contributed by atoms with Crippen LogP contribution < -0.4 is 21.3 Å². The highest BCUT2D eigenvalue weighted by Gasteiger charge is 2.23. The zero-order chi connectivity index (χ0) is 21.7. The van der Waals surface area contributed by atoms with Gasteiger partial charge in [-0.2, -0.15) is 5.26 Å². The summed E-state index contributed by atoms with van der Waals surface area (Å²) in [7, 11) is 1.64. The van der Waals surface area contributed by atoms with E-state index < -0.39 is 5.90 Å². The van der Waals surface area contributed by atoms with Crippen LogP contribution in [0.5, 0.6) is 0 Å². The van der Waals surface area contributed by atoms with Crippen LogP contribution in [0.3, 0.4) is 0 Å². The van der Waals surface area contributed by atoms with Gasteiger partial charge in [0, 0.05) is 33.9 Å². The minimum atomic E-state index is -0.597. The summed E-state index contributed by atoms with van der Waals surface area (Å²) in [5.74, 6) is -0.482. The molecule has 152 valence electrons. The minimum Gasteiger partial charge on any atom is -0.857 e. The molecular formula is C20H14N8O2S. The van der Waals surface area contributed by atoms with Crippen molar-refractivity contribution in [3.8, 4) is 17.2 Å². The molecule has 0 unspecified atom stereocenters. The SMILES string of the molecule is C[n+]1cc(/N=C(\[O-])c2sc3nc(N)c(C#N)c(-c4cccc5[nH]ccc45)c3c2N)on1. The Morgan fingerprint density at radius 2 is 2.19 bits per heavy atom. The second-order valence-electron chi connectivity index (χ2n) is 6.76. The van der Waals surface area contributed by atoms with Gasteiger partial charge >= 0.3 is 5.88 Å². The van der Waals surface area contributed by atoms with E-state index >= 15 is 0 Å². The monoisotopic (exact) mass is 430 g/mol. The maximum Gasteiger partial charge on any atom is 0.320 e. The van der Waals surface area contributed by atoms with Crippen molar-refractivity contribution in [3.63, 3.8) is 0 Å². The van der Waals surface area contributed by atoms with Crippen LogP contribution in [0.15, 0.2) is 46.2 Å². The third kappa shape index (κ3) is 2.85. The lowest BCUT2D eigenvalue weighted by Gasteiger charge is -2.11. The first-order chi connectivity index (χ1) is 15.0. The molecule has 0 aliphatic heterocycles. The first-order valence-corrected chi connectivity index (χ1v) is 9.86. The van der Waals surface area contributed by atoms with Crippen molar-refractivity contribution < 1.29 is 14.3 Å². The third-order valence-corrected chi connectivity index (χ3v) is 5.93. The van der Waals surface area contributed by atoms with Gasteiger partial charge in [0.1, 0.15) is 22.3 Å². The van der Waals surface area contributed by atoms with Gasteiger partial charge < -0.3 is 21.6 Å². The molecule has 1 aromatic carbocycles. The minimum absolute atomic E-state index is 0.0480. The standard InChI is InChI=1S/C20H14N8O2S/c1-28-8-13(30-27-28)25-19(29)17-16(22)15-14(11(7-21)18(23)26-20(15)31-17)10-3-2-4-12-9(10)5-6-24-12/h2-6,8H,1H3,(H5-,22,23,24,25,26,27,29). The van der Waals surface area contributed by atoms with Crippen LogP contribution in [0.25, 0.3) is 32.2 Å². The summed E-state index contributed by atoms with van der Waals surface area (Å²) in [5.41, 5.74) is 15.1. The van der Waals surface area contributed by atoms with Gasteiger partial charge in [-0.1, -0.05) is 16.8 Å². The lowest BCUT2D eigenvalue weighted by atomic mass is 9.94. The number of hydrogen-bond acceptors (Lipinski definition) is 9. The summed E-state index contributed by atoms with van der Waals surface area (Å²) in [6, 6.07) is 9.71. The highest BCUT2D eigenvalue weighted by Crippen LogP contribution is 2.44. The smallest absolute Gasteiger partial charge is 0.320 e. The number of nitrogen functional groups attached to an aromatic ring is 2. The molecule has 4 aromatic heterocycles. The average Bonchev–Trinajstić information content (AvgIpc) is 3.46. The molecule has 0 bridgehead atoms. The molecule has 0 spiro atoms. The van der Waals surface area contributed by atoms with Gasteiger partial charge in [-0.15, -0.1) is 11.3 Å². The maximum atomic E-state index is 12.8. The summed E-state index contributed by atoms with van der Waals surface area (Å²) >= 11 is 1.06. The molecule has 10 nitrogen and oxygen atoms in total. The van der Waals surface area contributed by atoms with Gasteiger partial charge in [0.05, 0.1) is 10.6 Å². The van der Waals surface area contributed by atoms with Crippen molar-refractivity contribution >= 4 is 55.7 Å². The molecule has 0 amide bonds. The third-order valence-electron chi connectivity index (χ3n) is 4.85. The number of aromatic nitrogens is 4. The van der Waals surface area contributed by atoms with Gasteiger partial charge in [-0.05, 0) is 17.7 Å². The number of benzene rings is 1. The number of pyridine rings is 1. The van der Waals surface area contributed by atoms with Crippen molar-refractivity contribution in [2.24, 2.45) is 12.0 Å². The number of aryl methyl sites for hydroxylation is 1. The van der Waals surface area contributed by atoms with Crippen molar-refractivity contribution in [1.82, 2.24) is 15.2 Å². The summed E-state index contributed by atoms with van der Waals surface area (Å²) < 4.78 is 6.35. The number of nitrogens with two attached hydrogens (primary N) is 2. The summed E-state index contributed by atoms with van der Waals surface area (Å²) in [4.78, 5) is 12.0. The van der Waals surface area contributed by atoms with E-state index in [9.17, 15) is 10.4 Å². The predicted octanol–water partition coefficient (Wildman–Crippen LogP) is 1.73. The Balaban J connectivity index is 1.82. The Morgan fingerprint density at radius 1 is 1.35 bits per heavy atom. The van der Waals surface area contributed by atoms with Crippen molar-refractivity contribution in [3.05, 3.63) is 47.1 Å². The highest BCUT2D eigenvalue weighted by atomic mass is 32.1. The van der Waals surface area contributed by atoms with Crippen LogP contribution >= 0.6 is 11.3 Å². The van der Waals surface area contributed by atoms with Crippen molar-refractivity contribution in [2.75, 3.05) is 11.5 Å². The van der Waals surface area contributed by atoms with Gasteiger partial charge in [0.25, 0.3) is 6.20 Å². The van der Waals surface area contributed by atoms with Crippen LogP contribution in [0.4, 0.5) is 17.4 Å². The molecule has 0 aliphatic carbocycles. The molecule has 5 aromatic rings. The maximum absolute atomic E-state index is 12.8. The number of H-pyrrole nitrogens is 1. The van der Waals surface area contributed by atoms with Crippen LogP contribution in [0.1, 0.15) is 10.4 Å². The molecule has 4 heterocycles. The fraction of sp³-hybridized carbons (Fsp3) is 0.0500. The fourth-order valence-electron chi connectivity index (χ4n) is 3.53. The van der Waals surface area contributed by atoms with E-state index in [1.807, 2.05) is 30.5 Å². The summed E-state index contributed by atoms with van der Waals surface area (Å²) in [6.07, 6.45) is 3.27. The quantitative estimate of drug-likeness (QED) is 0.222. The molecule has 0 radical (unpaired) electrons. The van der Waals surface area contributed by atoms with Gasteiger partial charge in [0.15, 0.2) is 12.3 Å². The Bertz CT molecular complexity index is 1550. The first-order valence-electron chi connectivity index (χ1n) is 9.04. The topological polar surface area (TPSA) is 170 Å². The van der Waals surface area contributed by atoms with Crippen molar-refractivity contribution in [2.45, 2.75) is 0 Å². The van der Waals surface area contributed by atoms with E-state index in [4.69, 9.17) is 16.0 Å². The van der Waals surface area contributed by atoms with Gasteiger partial charge in [-0.25, -0.2) is 9.98 Å². The lowest BCUT2D eigenvalue weighted by molar-refractivity contribution is -0.739. The second-order valence-corrected chi connectivity index (χ2v) is 7.76. The van der Waals surface area contributed by atoms with Crippen LogP contribution in [0, 0.1) is 11.3 Å². The number of nitrogens with one attached hydrogen (secondary N) is 1. The molecule has 0 saturated carbocycles. The number of thiophene rings is 1. The molecule has 0 aliphatic rings. The first kappa shape index (κ1) is 18.6. The van der Waals surface area contributed by atoms with Crippen molar-refractivity contribution in [1.29, 1.82) is 5.26 Å². The normalized spacial score (nSPS) is 11.9. The van der Waals surface area contributed by atoms with E-state index in [1.165, 1.54) is 10.9 Å². The number of aromatic amines is 1. The Labute approximate surface area is 178 Å². The number of aliphatic imine (C=N–C) groups is 1. The van der Waals surface area contributed by atoms with Crippen LogP contribution in [-0.2, 0) is 7.05 Å². The largest absolute Gasteiger partial charge is 0.857 e. The van der Waals surface area contributed by atoms with E-state index in [2.05, 4.69) is 26.3 Å². The molecule has 5 N–H and O–H groups in total. The van der Waals surface area contributed by atoms with E-state index in [-0.39, 0.29) is 27.8 Å². The number of rotatable bonds is 3. The molecule has 11 heteroatoms. The fourth-order valence-corrected chi connectivity index (χ4v) is 4.52. The van der Waals surface area contributed by atoms with Gasteiger partial charge in [-0.3, -0.25) is 4.52 Å². The summed E-state index contributed by atoms with van der Waals surface area (Å²) in [5, 5.41) is 27.7. The van der Waals surface area contributed by atoms with E-state index in [1.54, 1.807) is 7.05 Å². The number of fused-ring (bicyclic) bond motifs is 2. The van der Waals surface area contributed by atoms with Crippen LogP contribution in [-0.4, -0.2) is 21.1 Å². The molecule has 31 heavy (non-hydrogen) atoms.